The summed E-state index contributed by atoms with van der Waals surface area (Å²) < 4.78 is 0. The van der Waals surface area contributed by atoms with Crippen LogP contribution >= 0.6 is 23.2 Å². The topological polar surface area (TPSA) is 96.7 Å². The Kier molecular flexibility index (Phi) is 8.80. The van der Waals surface area contributed by atoms with Crippen molar-refractivity contribution in [2.24, 2.45) is 0 Å². The van der Waals surface area contributed by atoms with Crippen LogP contribution in [0, 0.1) is 11.3 Å². The minimum atomic E-state index is -0.441. The number of benzene rings is 3. The van der Waals surface area contributed by atoms with Gasteiger partial charge >= 0.3 is 0 Å². The van der Waals surface area contributed by atoms with Gasteiger partial charge in [-0.15, -0.1) is 0 Å². The van der Waals surface area contributed by atoms with Gasteiger partial charge in [0.05, 0.1) is 24.3 Å². The van der Waals surface area contributed by atoms with E-state index in [1.807, 2.05) is 47.4 Å². The van der Waals surface area contributed by atoms with Crippen molar-refractivity contribution in [1.29, 1.82) is 5.26 Å². The van der Waals surface area contributed by atoms with Gasteiger partial charge in [0, 0.05) is 35.4 Å². The number of nitriles is 1. The maximum Gasteiger partial charge on any atom is 0.244 e. The molecule has 0 aromatic heterocycles. The molecular weight excluding hydrogens is 511 g/mol. The predicted molar refractivity (Wildman–Crippen MR) is 144 cm³/mol. The number of halogens is 2. The first-order valence-electron chi connectivity index (χ1n) is 11.8. The second kappa shape index (κ2) is 12.2. The Hall–Kier alpha value is -3.41. The molecule has 0 bridgehead atoms. The van der Waals surface area contributed by atoms with Gasteiger partial charge < -0.3 is 15.3 Å². The molecule has 4 rings (SSSR count). The number of carbonyl (C=O) groups excluding carboxylic acids is 2. The van der Waals surface area contributed by atoms with Crippen LogP contribution in [0.15, 0.2) is 66.7 Å². The van der Waals surface area contributed by atoms with Gasteiger partial charge in [-0.1, -0.05) is 59.6 Å². The van der Waals surface area contributed by atoms with Crippen molar-refractivity contribution >= 4 is 40.7 Å². The third-order valence-corrected chi connectivity index (χ3v) is 6.53. The number of hydrogen-bond donors (Lipinski definition) is 2. The summed E-state index contributed by atoms with van der Waals surface area (Å²) in [7, 11) is 0. The fourth-order valence-corrected chi connectivity index (χ4v) is 4.80. The summed E-state index contributed by atoms with van der Waals surface area (Å²) in [5.41, 5.74) is 3.75. The molecule has 2 amide bonds. The van der Waals surface area contributed by atoms with Crippen LogP contribution in [-0.4, -0.2) is 59.0 Å². The van der Waals surface area contributed by atoms with E-state index >= 15 is 0 Å². The lowest BCUT2D eigenvalue weighted by Gasteiger charge is -2.25. The second-order valence-electron chi connectivity index (χ2n) is 9.02. The quantitative estimate of drug-likeness (QED) is 0.439. The maximum absolute atomic E-state index is 13.2. The van der Waals surface area contributed by atoms with E-state index in [9.17, 15) is 14.7 Å². The number of nitrogens with one attached hydrogen (secondary N) is 1. The number of rotatable bonds is 8. The number of hydrogen-bond acceptors (Lipinski definition) is 5. The number of carbonyl (C=O) groups is 2. The van der Waals surface area contributed by atoms with E-state index < -0.39 is 6.10 Å². The van der Waals surface area contributed by atoms with Crippen molar-refractivity contribution in [1.82, 2.24) is 9.80 Å². The molecule has 7 nitrogen and oxygen atoms in total. The maximum atomic E-state index is 13.2. The monoisotopic (exact) mass is 536 g/mol. The third kappa shape index (κ3) is 7.54. The van der Waals surface area contributed by atoms with Crippen LogP contribution in [0.5, 0.6) is 0 Å². The van der Waals surface area contributed by atoms with E-state index in [0.717, 1.165) is 16.7 Å². The Morgan fingerprint density at radius 3 is 2.43 bits per heavy atom. The molecule has 1 heterocycles. The van der Waals surface area contributed by atoms with E-state index in [1.54, 1.807) is 24.3 Å². The number of amides is 2. The highest BCUT2D eigenvalue weighted by atomic mass is 35.5. The third-order valence-electron chi connectivity index (χ3n) is 6.09. The van der Waals surface area contributed by atoms with Gasteiger partial charge in [-0.3, -0.25) is 14.5 Å². The Balaban J connectivity index is 1.48. The molecule has 9 heteroatoms. The summed E-state index contributed by atoms with van der Waals surface area (Å²) in [6, 6.07) is 21.9. The van der Waals surface area contributed by atoms with Gasteiger partial charge in [-0.2, -0.15) is 5.26 Å². The zero-order valence-corrected chi connectivity index (χ0v) is 21.5. The molecule has 190 valence electrons. The normalized spacial score (nSPS) is 15.2. The molecule has 1 saturated heterocycles. The number of aliphatic hydroxyl groups excluding tert-OH is 1. The van der Waals surface area contributed by atoms with Crippen LogP contribution in [0.3, 0.4) is 0 Å². The van der Waals surface area contributed by atoms with Crippen LogP contribution in [0.25, 0.3) is 11.1 Å². The molecule has 1 aliphatic rings. The van der Waals surface area contributed by atoms with Crippen molar-refractivity contribution < 1.29 is 14.7 Å². The second-order valence-corrected chi connectivity index (χ2v) is 9.90. The minimum absolute atomic E-state index is 0.117. The van der Waals surface area contributed by atoms with Gasteiger partial charge in [0.15, 0.2) is 0 Å². The standard InChI is InChI=1S/C28H26Cl2N4O3/c29-23-11-24(30)13-25(12-23)32-27(36)17-34(28(37)18-33-9-8-26(35)16-33)15-19-4-6-21(7-5-19)22-3-1-2-20(10-22)14-31/h1-7,10-13,26,35H,8-9,15-18H2,(H,32,36)/t26-/m0/s1. The predicted octanol–water partition coefficient (Wildman–Crippen LogP) is 4.57. The number of anilines is 1. The van der Waals surface area contributed by atoms with Crippen molar-refractivity contribution in [2.75, 3.05) is 31.5 Å². The molecule has 0 spiro atoms. The highest BCUT2D eigenvalue weighted by Crippen LogP contribution is 2.23. The van der Waals surface area contributed by atoms with Gasteiger partial charge in [-0.25, -0.2) is 0 Å². The fourth-order valence-electron chi connectivity index (χ4n) is 4.27. The van der Waals surface area contributed by atoms with E-state index in [0.29, 0.717) is 40.8 Å². The molecule has 2 N–H and O–H groups in total. The number of nitrogens with zero attached hydrogens (tertiary/aromatic N) is 3. The molecule has 1 aliphatic heterocycles. The molecule has 0 unspecified atom stereocenters. The number of likely N-dealkylation sites (tertiary alicyclic amines) is 1. The Morgan fingerprint density at radius 2 is 1.78 bits per heavy atom. The molecule has 0 radical (unpaired) electrons. The fraction of sp³-hybridized carbons (Fsp3) is 0.250. The lowest BCUT2D eigenvalue weighted by Crippen LogP contribution is -2.43. The summed E-state index contributed by atoms with van der Waals surface area (Å²) in [6.45, 7) is 1.25. The van der Waals surface area contributed by atoms with E-state index in [-0.39, 0.29) is 31.4 Å². The molecule has 37 heavy (non-hydrogen) atoms. The molecule has 0 saturated carbocycles. The average molecular weight is 537 g/mol. The van der Waals surface area contributed by atoms with Crippen molar-refractivity contribution in [3.63, 3.8) is 0 Å². The summed E-state index contributed by atoms with van der Waals surface area (Å²) >= 11 is 12.1. The zero-order chi connectivity index (χ0) is 26.4. The van der Waals surface area contributed by atoms with Crippen molar-refractivity contribution in [3.05, 3.63) is 87.9 Å². The molecule has 3 aromatic rings. The van der Waals surface area contributed by atoms with Crippen molar-refractivity contribution in [2.45, 2.75) is 19.1 Å². The van der Waals surface area contributed by atoms with Crippen molar-refractivity contribution in [3.8, 4) is 17.2 Å². The lowest BCUT2D eigenvalue weighted by molar-refractivity contribution is -0.136. The summed E-state index contributed by atoms with van der Waals surface area (Å²) in [5, 5.41) is 22.5. The molecule has 0 aliphatic carbocycles. The first-order chi connectivity index (χ1) is 17.8. The molecule has 1 fully saturated rings. The minimum Gasteiger partial charge on any atom is -0.392 e. The smallest absolute Gasteiger partial charge is 0.244 e. The van der Waals surface area contributed by atoms with Gasteiger partial charge in [0.2, 0.25) is 11.8 Å². The molecule has 3 aromatic carbocycles. The summed E-state index contributed by atoms with van der Waals surface area (Å²) in [4.78, 5) is 29.5. The van der Waals surface area contributed by atoms with Crippen LogP contribution in [-0.2, 0) is 16.1 Å². The highest BCUT2D eigenvalue weighted by molar-refractivity contribution is 6.35. The Labute approximate surface area is 225 Å². The molecular formula is C28H26Cl2N4O3. The largest absolute Gasteiger partial charge is 0.392 e. The van der Waals surface area contributed by atoms with E-state index in [1.165, 1.54) is 4.90 Å². The summed E-state index contributed by atoms with van der Waals surface area (Å²) in [5.74, 6) is -0.586. The van der Waals surface area contributed by atoms with Crippen LogP contribution in [0.1, 0.15) is 17.5 Å². The van der Waals surface area contributed by atoms with Crippen LogP contribution in [0.4, 0.5) is 5.69 Å². The first kappa shape index (κ1) is 26.6. The van der Waals surface area contributed by atoms with Gasteiger partial charge in [-0.05, 0) is 53.4 Å². The van der Waals surface area contributed by atoms with Gasteiger partial charge in [0.1, 0.15) is 6.54 Å². The van der Waals surface area contributed by atoms with E-state index in [2.05, 4.69) is 11.4 Å². The Morgan fingerprint density at radius 1 is 1.05 bits per heavy atom. The zero-order valence-electron chi connectivity index (χ0n) is 20.0. The number of aliphatic hydroxyl groups is 1. The summed E-state index contributed by atoms with van der Waals surface area (Å²) in [6.07, 6.45) is 0.182. The van der Waals surface area contributed by atoms with Crippen LogP contribution < -0.4 is 5.32 Å². The van der Waals surface area contributed by atoms with E-state index in [4.69, 9.17) is 28.5 Å². The Bertz CT molecular complexity index is 1300. The molecule has 1 atom stereocenters. The highest BCUT2D eigenvalue weighted by Gasteiger charge is 2.25. The SMILES string of the molecule is N#Cc1cccc(-c2ccc(CN(CC(=O)Nc3cc(Cl)cc(Cl)c3)C(=O)CN3CC[C@H](O)C3)cc2)c1. The average Bonchev–Trinajstić information content (AvgIpc) is 3.27. The van der Waals surface area contributed by atoms with Crippen LogP contribution in [0.2, 0.25) is 10.0 Å². The first-order valence-corrected chi connectivity index (χ1v) is 12.6. The van der Waals surface area contributed by atoms with Gasteiger partial charge in [0.25, 0.3) is 0 Å². The number of β-amino-alcohol motifs (C(OH)–C–C–N with tert-alkyl or cyclic N) is 1. The lowest BCUT2D eigenvalue weighted by atomic mass is 10.0.